The molecule has 0 radical (unpaired) electrons. The molecule has 1 N–H and O–H groups in total. The second-order valence-electron chi connectivity index (χ2n) is 12.3. The fourth-order valence-electron chi connectivity index (χ4n) is 8.01. The lowest BCUT2D eigenvalue weighted by molar-refractivity contribution is -0.154. The van der Waals surface area contributed by atoms with E-state index in [1.54, 1.807) is 0 Å². The van der Waals surface area contributed by atoms with Gasteiger partial charge in [0.05, 0.1) is 5.60 Å². The van der Waals surface area contributed by atoms with Crippen LogP contribution < -0.4 is 0 Å². The topological polar surface area (TPSA) is 72.8 Å². The maximum Gasteiger partial charge on any atom is 0.302 e. The van der Waals surface area contributed by atoms with Gasteiger partial charge in [-0.25, -0.2) is 0 Å². The Bertz CT molecular complexity index is 1050. The summed E-state index contributed by atoms with van der Waals surface area (Å²) in [6.45, 7) is -0.732. The summed E-state index contributed by atoms with van der Waals surface area (Å²) in [5.41, 5.74) is 0.0766. The van der Waals surface area contributed by atoms with E-state index in [4.69, 9.17) is 17.7 Å². The Kier molecular flexibility index (Phi) is 6.01. The third-order valence-corrected chi connectivity index (χ3v) is 9.51. The van der Waals surface area contributed by atoms with Crippen LogP contribution >= 0.6 is 0 Å². The van der Waals surface area contributed by atoms with E-state index in [1.165, 1.54) is 19.4 Å². The number of fused-ring (bicyclic) bond motifs is 1. The third kappa shape index (κ3) is 6.44. The Hall–Kier alpha value is -1.62. The minimum absolute atomic E-state index is 0.0900. The van der Waals surface area contributed by atoms with E-state index in [0.29, 0.717) is 37.5 Å². The second kappa shape index (κ2) is 10.6. The smallest absolute Gasteiger partial charge is 0.302 e. The van der Waals surface area contributed by atoms with Crippen LogP contribution in [0.15, 0.2) is 23.3 Å². The van der Waals surface area contributed by atoms with Crippen molar-refractivity contribution in [2.45, 2.75) is 136 Å². The molecule has 5 heteroatoms. The van der Waals surface area contributed by atoms with Crippen molar-refractivity contribution in [2.24, 2.45) is 22.7 Å². The second-order valence-corrected chi connectivity index (χ2v) is 12.3. The monoisotopic (exact) mass is 506 g/mol. The number of hydrogen-bond acceptors (Lipinski definition) is 5. The van der Waals surface area contributed by atoms with Crippen molar-refractivity contribution < 1.29 is 32.4 Å². The predicted octanol–water partition coefficient (Wildman–Crippen LogP) is 6.82. The third-order valence-electron chi connectivity index (χ3n) is 9.51. The minimum Gasteiger partial charge on any atom is -0.462 e. The van der Waals surface area contributed by atoms with E-state index in [2.05, 4.69) is 19.1 Å². The molecule has 0 aromatic rings. The molecule has 4 saturated carbocycles. The number of allylic oxidation sites excluding steroid dienone is 3. The summed E-state index contributed by atoms with van der Waals surface area (Å²) >= 11 is 0. The highest BCUT2D eigenvalue weighted by Gasteiger charge is 2.60. The number of rotatable bonds is 8. The highest BCUT2D eigenvalue weighted by atomic mass is 16.6. The first-order valence-electron chi connectivity index (χ1n) is 16.9. The highest BCUT2D eigenvalue weighted by molar-refractivity contribution is 5.67. The standard InChI is InChI=1S/C31H48O5/c1-21(32)35-25-18-23(19-26(20-25)36-22(2)33)9-10-24-8-6-14-30(5)27(24)11-12-28(30)31(16-17-31)15-7-13-29(3,4)34/h9-10,25-28,34H,6-8,11-20H2,1-5H3/b23-9-,24-10+/t25?,26-,27?,28?,30+/m1/s1/i3D3,4D3. The number of ether oxygens (including phenoxy) is 2. The molecule has 4 aliphatic rings. The van der Waals surface area contributed by atoms with E-state index in [0.717, 1.165) is 56.9 Å². The zero-order chi connectivity index (χ0) is 31.1. The first-order chi connectivity index (χ1) is 19.4. The van der Waals surface area contributed by atoms with Gasteiger partial charge in [-0.3, -0.25) is 9.59 Å². The van der Waals surface area contributed by atoms with Crippen molar-refractivity contribution in [3.8, 4) is 0 Å². The van der Waals surface area contributed by atoms with Gasteiger partial charge in [0.1, 0.15) is 12.2 Å². The fraction of sp³-hybridized carbons (Fsp3) is 0.806. The molecule has 0 saturated heterocycles. The Balaban J connectivity index is 1.46. The van der Waals surface area contributed by atoms with E-state index in [9.17, 15) is 14.7 Å². The van der Waals surface area contributed by atoms with Crippen LogP contribution in [-0.2, 0) is 19.1 Å². The Labute approximate surface area is 226 Å². The number of carbonyl (C=O) groups is 2. The van der Waals surface area contributed by atoms with Crippen molar-refractivity contribution in [1.82, 2.24) is 0 Å². The molecule has 0 bridgehead atoms. The highest BCUT2D eigenvalue weighted by Crippen LogP contribution is 2.70. The van der Waals surface area contributed by atoms with Gasteiger partial charge in [-0.05, 0) is 94.2 Å². The van der Waals surface area contributed by atoms with Crippen LogP contribution in [0.2, 0.25) is 0 Å². The first kappa shape index (κ1) is 20.4. The van der Waals surface area contributed by atoms with Gasteiger partial charge < -0.3 is 14.6 Å². The van der Waals surface area contributed by atoms with Gasteiger partial charge in [0.15, 0.2) is 0 Å². The minimum atomic E-state index is -2.97. The van der Waals surface area contributed by atoms with Gasteiger partial charge in [-0.1, -0.05) is 36.6 Å². The predicted molar refractivity (Wildman–Crippen MR) is 141 cm³/mol. The Morgan fingerprint density at radius 2 is 1.75 bits per heavy atom. The largest absolute Gasteiger partial charge is 0.462 e. The SMILES string of the molecule is [2H]C([2H])([2H])C(O)(CCCC1(C2CCC3/C(=C/C=C4/CC(OC(C)=O)C[C@H](OC(C)=O)C4)CCC[C@@]32C)CC1)C([2H])([2H])[2H]. The van der Waals surface area contributed by atoms with Gasteiger partial charge in [0, 0.05) is 41.3 Å². The van der Waals surface area contributed by atoms with Crippen molar-refractivity contribution in [2.75, 3.05) is 0 Å². The molecule has 0 heterocycles. The van der Waals surface area contributed by atoms with Crippen LogP contribution in [0.3, 0.4) is 0 Å². The van der Waals surface area contributed by atoms with Crippen LogP contribution in [0.25, 0.3) is 0 Å². The quantitative estimate of drug-likeness (QED) is 0.366. The lowest BCUT2D eigenvalue weighted by Crippen LogP contribution is -2.37. The van der Waals surface area contributed by atoms with E-state index in [-0.39, 0.29) is 41.4 Å². The van der Waals surface area contributed by atoms with Gasteiger partial charge in [-0.15, -0.1) is 0 Å². The van der Waals surface area contributed by atoms with Crippen molar-refractivity contribution >= 4 is 11.9 Å². The molecule has 0 aliphatic heterocycles. The van der Waals surface area contributed by atoms with E-state index >= 15 is 0 Å². The molecular weight excluding hydrogens is 452 g/mol. The molecule has 0 spiro atoms. The molecule has 36 heavy (non-hydrogen) atoms. The average Bonchev–Trinajstić information content (AvgIpc) is 3.52. The molecule has 0 aromatic carbocycles. The van der Waals surface area contributed by atoms with Gasteiger partial charge in [0.25, 0.3) is 0 Å². The summed E-state index contributed by atoms with van der Waals surface area (Å²) in [6, 6.07) is 0. The maximum absolute atomic E-state index is 11.6. The van der Waals surface area contributed by atoms with Crippen molar-refractivity contribution in [1.29, 1.82) is 0 Å². The molecule has 202 valence electrons. The zero-order valence-electron chi connectivity index (χ0n) is 28.2. The van der Waals surface area contributed by atoms with Gasteiger partial charge in [-0.2, -0.15) is 0 Å². The summed E-state index contributed by atoms with van der Waals surface area (Å²) in [6.07, 6.45) is 14.0. The lowest BCUT2D eigenvalue weighted by Gasteiger charge is -2.45. The summed E-state index contributed by atoms with van der Waals surface area (Å²) in [7, 11) is 0. The van der Waals surface area contributed by atoms with Crippen LogP contribution in [0.4, 0.5) is 0 Å². The molecule has 0 amide bonds. The molecule has 5 nitrogen and oxygen atoms in total. The maximum atomic E-state index is 11.6. The Morgan fingerprint density at radius 3 is 2.33 bits per heavy atom. The zero-order valence-corrected chi connectivity index (χ0v) is 22.2. The number of hydrogen-bond donors (Lipinski definition) is 1. The molecule has 5 atom stereocenters. The molecule has 4 rings (SSSR count). The normalized spacial score (nSPS) is 39.1. The summed E-state index contributed by atoms with van der Waals surface area (Å²) in [5.74, 6) is 0.258. The van der Waals surface area contributed by atoms with Crippen LogP contribution in [0.5, 0.6) is 0 Å². The number of carbonyl (C=O) groups excluding carboxylic acids is 2. The Morgan fingerprint density at radius 1 is 1.08 bits per heavy atom. The molecule has 3 unspecified atom stereocenters. The van der Waals surface area contributed by atoms with Crippen molar-refractivity contribution in [3.63, 3.8) is 0 Å². The average molecular weight is 507 g/mol. The summed E-state index contributed by atoms with van der Waals surface area (Å²) in [5, 5.41) is 10.7. The molecule has 4 fully saturated rings. The molecular formula is C31H48O5. The summed E-state index contributed by atoms with van der Waals surface area (Å²) in [4.78, 5) is 23.2. The van der Waals surface area contributed by atoms with E-state index < -0.39 is 19.3 Å². The van der Waals surface area contributed by atoms with Gasteiger partial charge >= 0.3 is 11.9 Å². The van der Waals surface area contributed by atoms with Crippen molar-refractivity contribution in [3.05, 3.63) is 23.3 Å². The van der Waals surface area contributed by atoms with E-state index in [1.807, 2.05) is 0 Å². The number of aliphatic hydroxyl groups is 1. The first-order valence-corrected chi connectivity index (χ1v) is 13.9. The molecule has 4 aliphatic carbocycles. The van der Waals surface area contributed by atoms with Crippen LogP contribution in [-0.4, -0.2) is 34.9 Å². The lowest BCUT2D eigenvalue weighted by atomic mass is 9.59. The van der Waals surface area contributed by atoms with Gasteiger partial charge in [0.2, 0.25) is 0 Å². The van der Waals surface area contributed by atoms with Crippen LogP contribution in [0, 0.1) is 22.7 Å². The molecule has 0 aromatic heterocycles. The number of esters is 2. The summed E-state index contributed by atoms with van der Waals surface area (Å²) < 4.78 is 57.2. The fourth-order valence-corrected chi connectivity index (χ4v) is 8.01. The van der Waals surface area contributed by atoms with Crippen LogP contribution in [0.1, 0.15) is 126 Å².